The molecule has 0 saturated heterocycles. The normalized spacial score (nSPS) is 14.1. The van der Waals surface area contributed by atoms with Gasteiger partial charge in [0.1, 0.15) is 5.82 Å². The van der Waals surface area contributed by atoms with E-state index in [9.17, 15) is 0 Å². The van der Waals surface area contributed by atoms with Crippen molar-refractivity contribution in [3.63, 3.8) is 0 Å². The van der Waals surface area contributed by atoms with Gasteiger partial charge in [-0.05, 0) is 84.6 Å². The molecule has 0 fully saturated rings. The summed E-state index contributed by atoms with van der Waals surface area (Å²) in [7, 11) is 0. The molecule has 0 unspecified atom stereocenters. The molecule has 5 heterocycles. The Kier molecular flexibility index (Phi) is 9.59. The van der Waals surface area contributed by atoms with E-state index in [1.54, 1.807) is 0 Å². The molecule has 0 aliphatic carbocycles. The van der Waals surface area contributed by atoms with Gasteiger partial charge in [0.2, 0.25) is 0 Å². The quantitative estimate of drug-likeness (QED) is 0.130. The van der Waals surface area contributed by atoms with Gasteiger partial charge in [0.15, 0.2) is 0 Å². The number of nitrogens with zero attached hydrogens (tertiary/aromatic N) is 4. The van der Waals surface area contributed by atoms with E-state index in [0.717, 1.165) is 61.4 Å². The van der Waals surface area contributed by atoms with Crippen LogP contribution in [0.25, 0.3) is 83.6 Å². The number of fused-ring (bicyclic) bond motifs is 15. The zero-order valence-electron chi connectivity index (χ0n) is 38.1. The molecule has 6 heteroatoms. The van der Waals surface area contributed by atoms with Crippen LogP contribution in [0.5, 0.6) is 11.5 Å². The number of hydrogen-bond donors (Lipinski definition) is 0. The molecular formula is C60H48N4OPt-2. The molecule has 0 spiro atoms. The van der Waals surface area contributed by atoms with Crippen molar-refractivity contribution >= 4 is 21.8 Å². The number of hydrogen-bond acceptors (Lipinski definition) is 2. The Morgan fingerprint density at radius 1 is 0.591 bits per heavy atom. The van der Waals surface area contributed by atoms with Gasteiger partial charge >= 0.3 is 0 Å². The summed E-state index contributed by atoms with van der Waals surface area (Å²) in [6.07, 6.45) is 5.92. The third-order valence-electron chi connectivity index (χ3n) is 14.5. The maximum absolute atomic E-state index is 6.85. The summed E-state index contributed by atoms with van der Waals surface area (Å²) >= 11 is 0. The molecule has 12 rings (SSSR count). The molecule has 0 saturated carbocycles. The Bertz CT molecular complexity index is 3570. The standard InChI is InChI=1S/C60H48N4O.Pt/c1-58(2,3)39-32-33-61-54(34-39)64-51-27-16-15-23-46(51)47-30-28-40(35-52(47)64)65-41-29-31-50-53(36-41)62-37-63-55-42(38-18-9-8-10-19-38)25-17-26-48(55)44-21-12-11-20-43(44)45-22-13-14-24-49(45)56(63)57(62)60(6,7)59(50,4)5;/h8-34H,1-7H3;/q-2;. The van der Waals surface area contributed by atoms with Gasteiger partial charge in [0.05, 0.1) is 17.1 Å². The van der Waals surface area contributed by atoms with Crippen molar-refractivity contribution in [1.82, 2.24) is 14.1 Å². The van der Waals surface area contributed by atoms with Crippen LogP contribution in [-0.2, 0) is 37.3 Å². The van der Waals surface area contributed by atoms with Crippen LogP contribution in [0.3, 0.4) is 0 Å². The maximum atomic E-state index is 6.85. The van der Waals surface area contributed by atoms with Crippen molar-refractivity contribution < 1.29 is 30.4 Å². The largest absolute Gasteiger partial charge is 0.510 e. The van der Waals surface area contributed by atoms with Crippen LogP contribution in [0.1, 0.15) is 65.3 Å². The fourth-order valence-electron chi connectivity index (χ4n) is 10.4. The van der Waals surface area contributed by atoms with Crippen LogP contribution in [0.2, 0.25) is 0 Å². The molecule has 0 radical (unpaired) electrons. The maximum Gasteiger partial charge on any atom is 0.267 e. The molecule has 5 nitrogen and oxygen atoms in total. The number of imidazole rings is 1. The molecule has 0 amide bonds. The van der Waals surface area contributed by atoms with Crippen molar-refractivity contribution in [2.45, 2.75) is 64.7 Å². The smallest absolute Gasteiger partial charge is 0.267 e. The second kappa shape index (κ2) is 15.1. The summed E-state index contributed by atoms with van der Waals surface area (Å²) in [4.78, 5) is 4.89. The van der Waals surface area contributed by atoms with Gasteiger partial charge in [0, 0.05) is 44.3 Å². The van der Waals surface area contributed by atoms with Crippen molar-refractivity contribution in [2.24, 2.45) is 0 Å². The summed E-state index contributed by atoms with van der Waals surface area (Å²) < 4.78 is 13.7. The van der Waals surface area contributed by atoms with E-state index in [-0.39, 0.29) is 37.3 Å². The number of ether oxygens (including phenoxy) is 1. The van der Waals surface area contributed by atoms with Gasteiger partial charge in [0.25, 0.3) is 6.33 Å². The molecule has 2 aliphatic heterocycles. The first-order valence-corrected chi connectivity index (χ1v) is 22.6. The molecule has 7 aromatic carbocycles. The summed E-state index contributed by atoms with van der Waals surface area (Å²) in [5.74, 6) is 2.06. The van der Waals surface area contributed by atoms with Crippen LogP contribution in [-0.4, -0.2) is 14.1 Å². The zero-order chi connectivity index (χ0) is 44.4. The molecular weight excluding hydrogens is 988 g/mol. The van der Waals surface area contributed by atoms with Gasteiger partial charge in [-0.1, -0.05) is 175 Å². The molecule has 10 aromatic rings. The Balaban J connectivity index is 0.00000481. The summed E-state index contributed by atoms with van der Waals surface area (Å²) in [6, 6.07) is 63.9. The van der Waals surface area contributed by atoms with E-state index in [1.165, 1.54) is 39.1 Å². The second-order valence-electron chi connectivity index (χ2n) is 19.7. The molecule has 0 N–H and O–H groups in total. The Labute approximate surface area is 401 Å². The summed E-state index contributed by atoms with van der Waals surface area (Å²) in [5.41, 5.74) is 16.2. The summed E-state index contributed by atoms with van der Waals surface area (Å²) in [5, 5.41) is 2.23. The molecule has 2 aliphatic rings. The van der Waals surface area contributed by atoms with Crippen molar-refractivity contribution in [2.75, 3.05) is 0 Å². The average Bonchev–Trinajstić information content (AvgIpc) is 3.87. The fraction of sp³-hybridized carbons (Fsp3) is 0.167. The van der Waals surface area contributed by atoms with E-state index < -0.39 is 0 Å². The number of pyridine rings is 1. The third kappa shape index (κ3) is 6.16. The Morgan fingerprint density at radius 2 is 1.21 bits per heavy atom. The minimum Gasteiger partial charge on any atom is -0.510 e. The van der Waals surface area contributed by atoms with Gasteiger partial charge in [-0.2, -0.15) is 12.1 Å². The molecule has 0 atom stereocenters. The van der Waals surface area contributed by atoms with Gasteiger partial charge in [-0.25, -0.2) is 4.98 Å². The van der Waals surface area contributed by atoms with E-state index >= 15 is 0 Å². The first-order valence-electron chi connectivity index (χ1n) is 22.6. The van der Waals surface area contributed by atoms with E-state index in [0.29, 0.717) is 11.5 Å². The molecule has 3 aromatic heterocycles. The van der Waals surface area contributed by atoms with Crippen LogP contribution < -0.4 is 9.30 Å². The molecule has 0 bridgehead atoms. The van der Waals surface area contributed by atoms with Crippen molar-refractivity contribution in [3.05, 3.63) is 199 Å². The molecule has 326 valence electrons. The zero-order valence-corrected chi connectivity index (χ0v) is 40.4. The van der Waals surface area contributed by atoms with Crippen LogP contribution in [0.4, 0.5) is 0 Å². The number of benzene rings is 7. The summed E-state index contributed by atoms with van der Waals surface area (Å²) in [6.45, 7) is 16.2. The minimum absolute atomic E-state index is 0. The first kappa shape index (κ1) is 41.9. The van der Waals surface area contributed by atoms with E-state index in [2.05, 4.69) is 232 Å². The number of para-hydroxylation sites is 2. The van der Waals surface area contributed by atoms with Gasteiger partial charge in [-0.15, -0.1) is 35.2 Å². The Morgan fingerprint density at radius 3 is 1.97 bits per heavy atom. The van der Waals surface area contributed by atoms with E-state index in [1.807, 2.05) is 12.3 Å². The van der Waals surface area contributed by atoms with E-state index in [4.69, 9.17) is 9.72 Å². The SMILES string of the molecule is CC(C)(C)c1ccnc(-n2c3[c-]c(Oc4[c-]c5c(cc4)C(C)(C)C(C)(C)c4c6[n+]([c-]n4-5)-c4c(-c5ccccc5)cccc4-c4ccccc4-c4ccccc4-6)ccc3c3ccccc32)c1.[Pt]. The fourth-order valence-corrected chi connectivity index (χ4v) is 10.4. The van der Waals surface area contributed by atoms with Gasteiger partial charge < -0.3 is 13.9 Å². The van der Waals surface area contributed by atoms with Crippen LogP contribution in [0.15, 0.2) is 164 Å². The van der Waals surface area contributed by atoms with Crippen molar-refractivity contribution in [1.29, 1.82) is 0 Å². The monoisotopic (exact) mass is 1040 g/mol. The minimum atomic E-state index is -0.356. The number of aromatic nitrogens is 4. The van der Waals surface area contributed by atoms with Crippen molar-refractivity contribution in [3.8, 4) is 73.3 Å². The van der Waals surface area contributed by atoms with Crippen LogP contribution >= 0.6 is 0 Å². The number of rotatable bonds is 4. The topological polar surface area (TPSA) is 35.9 Å². The molecule has 66 heavy (non-hydrogen) atoms. The second-order valence-corrected chi connectivity index (χ2v) is 19.7. The third-order valence-corrected chi connectivity index (χ3v) is 14.5. The predicted molar refractivity (Wildman–Crippen MR) is 263 cm³/mol. The van der Waals surface area contributed by atoms with Crippen LogP contribution in [0, 0.1) is 18.5 Å². The Hall–Kier alpha value is -6.81. The average molecular weight is 1040 g/mol. The first-order chi connectivity index (χ1) is 31.4. The van der Waals surface area contributed by atoms with Gasteiger partial charge in [-0.3, -0.25) is 4.57 Å². The predicted octanol–water partition coefficient (Wildman–Crippen LogP) is 14.3.